The number of hydrogen-bond acceptors (Lipinski definition) is 4. The van der Waals surface area contributed by atoms with Crippen LogP contribution in [-0.2, 0) is 13.1 Å². The van der Waals surface area contributed by atoms with Gasteiger partial charge in [-0.3, -0.25) is 20.0 Å². The van der Waals surface area contributed by atoms with Crippen LogP contribution in [0.1, 0.15) is 24.0 Å². The van der Waals surface area contributed by atoms with Crippen LogP contribution in [0.2, 0.25) is 0 Å². The Kier molecular flexibility index (Phi) is 6.97. The van der Waals surface area contributed by atoms with Gasteiger partial charge >= 0.3 is 0 Å². The average molecular weight is 381 g/mol. The van der Waals surface area contributed by atoms with Crippen molar-refractivity contribution >= 4 is 11.6 Å². The predicted octanol–water partition coefficient (Wildman–Crippen LogP) is 2.92. The summed E-state index contributed by atoms with van der Waals surface area (Å²) in [4.78, 5) is 17.5. The number of nitrogens with one attached hydrogen (secondary N) is 2. The van der Waals surface area contributed by atoms with Crippen molar-refractivity contribution in [3.8, 4) is 0 Å². The molecule has 1 saturated heterocycles. The summed E-state index contributed by atoms with van der Waals surface area (Å²) in [6, 6.07) is 17.7. The molecule has 1 aliphatic heterocycles. The molecule has 2 N–H and O–H groups in total. The molecule has 0 radical (unpaired) electrons. The standard InChI is InChI=1S/C21H27N5O2/c1-22-21(23-15-18-9-5-6-10-20(18)26(27)28)24-19-11-13-25(14-12-19)16-17-7-3-2-4-8-17/h2-10,19H,11-16H2,1H3,(H2,22,23,24). The molecule has 0 amide bonds. The van der Waals surface area contributed by atoms with Gasteiger partial charge in [0.05, 0.1) is 4.92 Å². The van der Waals surface area contributed by atoms with E-state index in [0.29, 0.717) is 24.1 Å². The molecule has 0 aliphatic carbocycles. The minimum atomic E-state index is -0.352. The third-order valence-corrected chi connectivity index (χ3v) is 5.04. The summed E-state index contributed by atoms with van der Waals surface area (Å²) in [5.74, 6) is 0.680. The Morgan fingerprint density at radius 2 is 1.82 bits per heavy atom. The van der Waals surface area contributed by atoms with Gasteiger partial charge in [0.15, 0.2) is 5.96 Å². The van der Waals surface area contributed by atoms with Gasteiger partial charge in [-0.05, 0) is 18.4 Å². The van der Waals surface area contributed by atoms with E-state index in [2.05, 4.69) is 44.8 Å². The number of rotatable bonds is 6. The molecular formula is C21H27N5O2. The highest BCUT2D eigenvalue weighted by Gasteiger charge is 2.20. The van der Waals surface area contributed by atoms with Gasteiger partial charge in [0, 0.05) is 50.9 Å². The number of benzene rings is 2. The van der Waals surface area contributed by atoms with Crippen LogP contribution in [0.15, 0.2) is 59.6 Å². The maximum atomic E-state index is 11.1. The molecule has 0 aromatic heterocycles. The van der Waals surface area contributed by atoms with Gasteiger partial charge in [0.25, 0.3) is 5.69 Å². The minimum Gasteiger partial charge on any atom is -0.354 e. The third-order valence-electron chi connectivity index (χ3n) is 5.04. The minimum absolute atomic E-state index is 0.125. The van der Waals surface area contributed by atoms with Crippen LogP contribution in [-0.4, -0.2) is 42.0 Å². The first-order valence-corrected chi connectivity index (χ1v) is 9.61. The van der Waals surface area contributed by atoms with E-state index in [4.69, 9.17) is 0 Å². The van der Waals surface area contributed by atoms with Gasteiger partial charge in [-0.25, -0.2) is 0 Å². The Balaban J connectivity index is 1.46. The number of likely N-dealkylation sites (tertiary alicyclic amines) is 1. The second-order valence-electron chi connectivity index (χ2n) is 6.99. The number of nitro benzene ring substituents is 1. The fourth-order valence-corrected chi connectivity index (χ4v) is 3.48. The molecule has 0 atom stereocenters. The molecule has 0 bridgehead atoms. The zero-order valence-corrected chi connectivity index (χ0v) is 16.2. The number of nitro groups is 1. The van der Waals surface area contributed by atoms with Crippen LogP contribution in [0.3, 0.4) is 0 Å². The molecule has 0 saturated carbocycles. The summed E-state index contributed by atoms with van der Waals surface area (Å²) in [7, 11) is 1.72. The van der Waals surface area contributed by atoms with Crippen LogP contribution in [0.25, 0.3) is 0 Å². The molecule has 0 spiro atoms. The van der Waals surface area contributed by atoms with Crippen LogP contribution in [0.5, 0.6) is 0 Å². The van der Waals surface area contributed by atoms with E-state index < -0.39 is 0 Å². The van der Waals surface area contributed by atoms with E-state index in [1.165, 1.54) is 11.6 Å². The number of piperidine rings is 1. The third kappa shape index (κ3) is 5.53. The second-order valence-corrected chi connectivity index (χ2v) is 6.99. The van der Waals surface area contributed by atoms with E-state index in [-0.39, 0.29) is 10.6 Å². The number of hydrogen-bond donors (Lipinski definition) is 2. The topological polar surface area (TPSA) is 82.8 Å². The van der Waals surface area contributed by atoms with Crippen molar-refractivity contribution in [3.05, 3.63) is 75.8 Å². The molecule has 148 valence electrons. The zero-order chi connectivity index (χ0) is 19.8. The number of para-hydroxylation sites is 1. The lowest BCUT2D eigenvalue weighted by molar-refractivity contribution is -0.385. The van der Waals surface area contributed by atoms with Crippen molar-refractivity contribution in [1.29, 1.82) is 0 Å². The molecule has 1 heterocycles. The summed E-state index contributed by atoms with van der Waals surface area (Å²) in [6.45, 7) is 3.42. The monoisotopic (exact) mass is 381 g/mol. The maximum Gasteiger partial charge on any atom is 0.274 e. The average Bonchev–Trinajstić information content (AvgIpc) is 2.73. The molecular weight excluding hydrogens is 354 g/mol. The molecule has 1 aliphatic rings. The summed E-state index contributed by atoms with van der Waals surface area (Å²) in [5.41, 5.74) is 2.11. The first kappa shape index (κ1) is 19.8. The first-order chi connectivity index (χ1) is 13.7. The van der Waals surface area contributed by atoms with Gasteiger partial charge < -0.3 is 10.6 Å². The largest absolute Gasteiger partial charge is 0.354 e. The molecule has 2 aromatic rings. The summed E-state index contributed by atoms with van der Waals surface area (Å²) in [5, 5.41) is 17.8. The van der Waals surface area contributed by atoms with Gasteiger partial charge in [0.1, 0.15) is 0 Å². The number of guanidine groups is 1. The summed E-state index contributed by atoms with van der Waals surface area (Å²) < 4.78 is 0. The Hall–Kier alpha value is -2.93. The highest BCUT2D eigenvalue weighted by atomic mass is 16.6. The van der Waals surface area contributed by atoms with Gasteiger partial charge in [0.2, 0.25) is 0 Å². The molecule has 1 fully saturated rings. The predicted molar refractivity (Wildman–Crippen MR) is 111 cm³/mol. The summed E-state index contributed by atoms with van der Waals surface area (Å²) >= 11 is 0. The van der Waals surface area contributed by atoms with Gasteiger partial charge in [-0.1, -0.05) is 48.5 Å². The Morgan fingerprint density at radius 1 is 1.14 bits per heavy atom. The summed E-state index contributed by atoms with van der Waals surface area (Å²) in [6.07, 6.45) is 2.08. The van der Waals surface area contributed by atoms with Crippen molar-refractivity contribution in [2.75, 3.05) is 20.1 Å². The smallest absolute Gasteiger partial charge is 0.274 e. The van der Waals surface area contributed by atoms with E-state index in [0.717, 1.165) is 32.5 Å². The SMILES string of the molecule is CN=C(NCc1ccccc1[N+](=O)[O-])NC1CCN(Cc2ccccc2)CC1. The van der Waals surface area contributed by atoms with Crippen LogP contribution < -0.4 is 10.6 Å². The lowest BCUT2D eigenvalue weighted by Gasteiger charge is -2.33. The molecule has 28 heavy (non-hydrogen) atoms. The first-order valence-electron chi connectivity index (χ1n) is 9.61. The highest BCUT2D eigenvalue weighted by Crippen LogP contribution is 2.17. The Bertz CT molecular complexity index is 801. The van der Waals surface area contributed by atoms with Crippen molar-refractivity contribution in [2.45, 2.75) is 32.0 Å². The Labute approximate surface area is 165 Å². The quantitative estimate of drug-likeness (QED) is 0.348. The van der Waals surface area contributed by atoms with Crippen LogP contribution in [0.4, 0.5) is 5.69 Å². The van der Waals surface area contributed by atoms with E-state index in [1.807, 2.05) is 12.1 Å². The van der Waals surface area contributed by atoms with Crippen molar-refractivity contribution < 1.29 is 4.92 Å². The molecule has 0 unspecified atom stereocenters. The zero-order valence-electron chi connectivity index (χ0n) is 16.2. The van der Waals surface area contributed by atoms with Crippen LogP contribution >= 0.6 is 0 Å². The Morgan fingerprint density at radius 3 is 2.50 bits per heavy atom. The lowest BCUT2D eigenvalue weighted by atomic mass is 10.0. The van der Waals surface area contributed by atoms with E-state index in [9.17, 15) is 10.1 Å². The number of aliphatic imine (C=N–C) groups is 1. The highest BCUT2D eigenvalue weighted by molar-refractivity contribution is 5.80. The van der Waals surface area contributed by atoms with E-state index >= 15 is 0 Å². The van der Waals surface area contributed by atoms with Gasteiger partial charge in [-0.15, -0.1) is 0 Å². The molecule has 3 rings (SSSR count). The molecule has 2 aromatic carbocycles. The second kappa shape index (κ2) is 9.85. The maximum absolute atomic E-state index is 11.1. The fraction of sp³-hybridized carbons (Fsp3) is 0.381. The molecule has 7 nitrogen and oxygen atoms in total. The van der Waals surface area contributed by atoms with E-state index in [1.54, 1.807) is 19.2 Å². The van der Waals surface area contributed by atoms with Crippen molar-refractivity contribution in [2.24, 2.45) is 4.99 Å². The van der Waals surface area contributed by atoms with Crippen molar-refractivity contribution in [1.82, 2.24) is 15.5 Å². The normalized spacial score (nSPS) is 16.0. The van der Waals surface area contributed by atoms with Gasteiger partial charge in [-0.2, -0.15) is 0 Å². The lowest BCUT2D eigenvalue weighted by Crippen LogP contribution is -2.48. The molecule has 7 heteroatoms. The number of nitrogens with zero attached hydrogens (tertiary/aromatic N) is 3. The van der Waals surface area contributed by atoms with Crippen LogP contribution in [0, 0.1) is 10.1 Å². The fourth-order valence-electron chi connectivity index (χ4n) is 3.48. The van der Waals surface area contributed by atoms with Crippen molar-refractivity contribution in [3.63, 3.8) is 0 Å².